The van der Waals surface area contributed by atoms with E-state index in [-0.39, 0.29) is 10.8 Å². The highest BCUT2D eigenvalue weighted by molar-refractivity contribution is 6.25. The van der Waals surface area contributed by atoms with Crippen molar-refractivity contribution in [1.82, 2.24) is 9.97 Å². The highest BCUT2D eigenvalue weighted by atomic mass is 16.3. The molecule has 0 fully saturated rings. The Kier molecular flexibility index (Phi) is 8.33. The maximum atomic E-state index is 6.72. The van der Waals surface area contributed by atoms with Crippen molar-refractivity contribution in [3.05, 3.63) is 181 Å². The third-order valence-corrected chi connectivity index (χ3v) is 13.2. The molecule has 0 unspecified atom stereocenters. The van der Waals surface area contributed by atoms with Crippen molar-refractivity contribution >= 4 is 76.5 Å². The molecule has 12 rings (SSSR count). The zero-order valence-electron chi connectivity index (χ0n) is 36.9. The summed E-state index contributed by atoms with van der Waals surface area (Å²) in [4.78, 5) is 10.9. The molecule has 0 aliphatic carbocycles. The molecule has 12 aromatic rings. The molecule has 0 aliphatic rings. The Morgan fingerprint density at radius 2 is 0.922 bits per heavy atom. The van der Waals surface area contributed by atoms with Gasteiger partial charge in [0.15, 0.2) is 0 Å². The summed E-state index contributed by atoms with van der Waals surface area (Å²) in [6.45, 7) is 13.5. The van der Waals surface area contributed by atoms with Gasteiger partial charge < -0.3 is 8.83 Å². The van der Waals surface area contributed by atoms with Crippen molar-refractivity contribution in [3.8, 4) is 44.6 Å². The molecule has 9 aromatic carbocycles. The Hall–Kier alpha value is -7.56. The Balaban J connectivity index is 1.07. The summed E-state index contributed by atoms with van der Waals surface area (Å²) in [7, 11) is 0. The first kappa shape index (κ1) is 38.1. The number of rotatable bonds is 4. The smallest absolute Gasteiger partial charge is 0.144 e. The molecule has 3 heterocycles. The van der Waals surface area contributed by atoms with Crippen LogP contribution in [0.3, 0.4) is 0 Å². The van der Waals surface area contributed by atoms with Crippen LogP contribution in [-0.2, 0) is 10.8 Å². The second kappa shape index (κ2) is 14.0. The van der Waals surface area contributed by atoms with Crippen molar-refractivity contribution < 1.29 is 8.83 Å². The second-order valence-electron chi connectivity index (χ2n) is 19.4. The summed E-state index contributed by atoms with van der Waals surface area (Å²) in [6.07, 6.45) is 1.94. The number of benzene rings is 9. The topological polar surface area (TPSA) is 52.1 Å². The minimum atomic E-state index is 0.0741. The molecular formula is C60H46N2O2. The van der Waals surface area contributed by atoms with Gasteiger partial charge in [0.25, 0.3) is 0 Å². The van der Waals surface area contributed by atoms with Crippen LogP contribution in [0.2, 0.25) is 0 Å². The van der Waals surface area contributed by atoms with E-state index >= 15 is 0 Å². The Bertz CT molecular complexity index is 3830. The number of para-hydroxylation sites is 2. The summed E-state index contributed by atoms with van der Waals surface area (Å²) in [5.41, 5.74) is 16.4. The molecule has 0 saturated heterocycles. The molecule has 0 aliphatic heterocycles. The van der Waals surface area contributed by atoms with Crippen LogP contribution in [0.1, 0.15) is 52.7 Å². The van der Waals surface area contributed by atoms with Crippen LogP contribution in [0.5, 0.6) is 0 Å². The molecule has 3 aromatic heterocycles. The van der Waals surface area contributed by atoms with Gasteiger partial charge in [0.1, 0.15) is 22.3 Å². The lowest BCUT2D eigenvalue weighted by Gasteiger charge is -2.19. The van der Waals surface area contributed by atoms with Gasteiger partial charge in [-0.25, -0.2) is 4.98 Å². The van der Waals surface area contributed by atoms with Gasteiger partial charge >= 0.3 is 0 Å². The van der Waals surface area contributed by atoms with Crippen LogP contribution < -0.4 is 0 Å². The minimum absolute atomic E-state index is 0.0741. The minimum Gasteiger partial charge on any atom is -0.456 e. The van der Waals surface area contributed by atoms with E-state index in [1.54, 1.807) is 0 Å². The second-order valence-corrected chi connectivity index (χ2v) is 19.4. The number of aromatic nitrogens is 2. The van der Waals surface area contributed by atoms with Crippen LogP contribution >= 0.6 is 0 Å². The molecule has 0 bridgehead atoms. The number of furan rings is 2. The quantitative estimate of drug-likeness (QED) is 0.166. The maximum Gasteiger partial charge on any atom is 0.144 e. The summed E-state index contributed by atoms with van der Waals surface area (Å²) in [5, 5.41) is 8.65. The number of fused-ring (bicyclic) bond motifs is 12. The van der Waals surface area contributed by atoms with Crippen LogP contribution in [0.15, 0.2) is 179 Å². The summed E-state index contributed by atoms with van der Waals surface area (Å²) in [6, 6.07) is 58.9. The number of nitrogens with zero attached hydrogens (tertiary/aromatic N) is 2. The van der Waals surface area contributed by atoms with Crippen molar-refractivity contribution in [3.63, 3.8) is 0 Å². The first-order chi connectivity index (χ1) is 31.0. The van der Waals surface area contributed by atoms with Gasteiger partial charge in [-0.3, -0.25) is 4.98 Å². The van der Waals surface area contributed by atoms with E-state index in [2.05, 4.69) is 181 Å². The molecule has 64 heavy (non-hydrogen) atoms. The highest BCUT2D eigenvalue weighted by Gasteiger charge is 2.22. The fourth-order valence-corrected chi connectivity index (χ4v) is 9.72. The zero-order chi connectivity index (χ0) is 43.5. The summed E-state index contributed by atoms with van der Waals surface area (Å²) >= 11 is 0. The predicted molar refractivity (Wildman–Crippen MR) is 268 cm³/mol. The van der Waals surface area contributed by atoms with Crippen molar-refractivity contribution in [1.29, 1.82) is 0 Å². The molecule has 0 N–H and O–H groups in total. The van der Waals surface area contributed by atoms with E-state index < -0.39 is 0 Å². The average molecular weight is 827 g/mol. The van der Waals surface area contributed by atoms with Crippen LogP contribution in [0.4, 0.5) is 0 Å². The summed E-state index contributed by atoms with van der Waals surface area (Å²) in [5.74, 6) is 0. The van der Waals surface area contributed by atoms with Gasteiger partial charge in [0.2, 0.25) is 0 Å². The van der Waals surface area contributed by atoms with Crippen LogP contribution in [-0.4, -0.2) is 9.97 Å². The van der Waals surface area contributed by atoms with E-state index in [9.17, 15) is 0 Å². The lowest BCUT2D eigenvalue weighted by molar-refractivity contribution is 0.590. The van der Waals surface area contributed by atoms with Gasteiger partial charge in [0, 0.05) is 43.4 Å². The van der Waals surface area contributed by atoms with Crippen LogP contribution in [0.25, 0.3) is 121 Å². The first-order valence-corrected chi connectivity index (χ1v) is 22.2. The SMILES string of the molecule is CC(C)(C)c1ccc(-c2ccc3c4ccc(-c5ccc(C(C)(C)C)cc5)cc4c4nc(-c5cccc(-c6c7oc8ccccc8c7cc7oc8ccccc8c67)c5)cnc4c3c2)cc1. The molecule has 0 radical (unpaired) electrons. The maximum absolute atomic E-state index is 6.72. The zero-order valence-corrected chi connectivity index (χ0v) is 36.9. The molecule has 0 saturated carbocycles. The van der Waals surface area contributed by atoms with E-state index in [0.29, 0.717) is 0 Å². The summed E-state index contributed by atoms with van der Waals surface area (Å²) < 4.78 is 13.3. The predicted octanol–water partition coefficient (Wildman–Crippen LogP) is 17.0. The molecule has 308 valence electrons. The third-order valence-electron chi connectivity index (χ3n) is 13.2. The van der Waals surface area contributed by atoms with Gasteiger partial charge in [0.05, 0.1) is 22.9 Å². The fraction of sp³-hybridized carbons (Fsp3) is 0.133. The largest absolute Gasteiger partial charge is 0.456 e. The Morgan fingerprint density at radius 1 is 0.375 bits per heavy atom. The lowest BCUT2D eigenvalue weighted by Crippen LogP contribution is -2.10. The molecule has 0 spiro atoms. The molecular weight excluding hydrogens is 781 g/mol. The first-order valence-electron chi connectivity index (χ1n) is 22.2. The van der Waals surface area contributed by atoms with Gasteiger partial charge in [-0.1, -0.05) is 169 Å². The fourth-order valence-electron chi connectivity index (χ4n) is 9.72. The highest BCUT2D eigenvalue weighted by Crippen LogP contribution is 2.46. The Morgan fingerprint density at radius 3 is 1.55 bits per heavy atom. The van der Waals surface area contributed by atoms with Crippen molar-refractivity contribution in [2.45, 2.75) is 52.4 Å². The van der Waals surface area contributed by atoms with Crippen molar-refractivity contribution in [2.75, 3.05) is 0 Å². The number of hydrogen-bond donors (Lipinski definition) is 0. The van der Waals surface area contributed by atoms with E-state index in [4.69, 9.17) is 18.8 Å². The average Bonchev–Trinajstić information content (AvgIpc) is 3.88. The van der Waals surface area contributed by atoms with Crippen LogP contribution in [0, 0.1) is 0 Å². The Labute approximate surface area is 371 Å². The molecule has 4 nitrogen and oxygen atoms in total. The lowest BCUT2D eigenvalue weighted by atomic mass is 9.86. The monoisotopic (exact) mass is 826 g/mol. The van der Waals surface area contributed by atoms with E-state index in [1.165, 1.54) is 22.3 Å². The van der Waals surface area contributed by atoms with Gasteiger partial charge in [-0.2, -0.15) is 0 Å². The van der Waals surface area contributed by atoms with Gasteiger partial charge in [-0.05, 0) is 96.9 Å². The normalized spacial score (nSPS) is 12.5. The van der Waals surface area contributed by atoms with E-state index in [1.807, 2.05) is 30.5 Å². The van der Waals surface area contributed by atoms with Gasteiger partial charge in [-0.15, -0.1) is 0 Å². The van der Waals surface area contributed by atoms with E-state index in [0.717, 1.165) is 110 Å². The standard InChI is InChI=1S/C60H46N2O2/c1-59(2,3)41-24-18-35(19-25-41)37-22-28-43-44-29-23-38(36-20-26-42(27-21-36)60(4,5)6)32-48(44)57-56(47(43)31-37)61-34-50(62-57)39-12-11-13-40(30-39)54-55-46-15-8-10-17-52(46)63-53(55)33-49-45-14-7-9-16-51(45)64-58(49)54/h7-34H,1-6H3. The third kappa shape index (κ3) is 6.12. The van der Waals surface area contributed by atoms with Crippen molar-refractivity contribution in [2.24, 2.45) is 0 Å². The number of hydrogen-bond acceptors (Lipinski definition) is 4. The molecule has 0 amide bonds. The molecule has 4 heteroatoms. The molecule has 0 atom stereocenters.